The summed E-state index contributed by atoms with van der Waals surface area (Å²) >= 11 is 0. The highest BCUT2D eigenvalue weighted by Gasteiger charge is 2.56. The quantitative estimate of drug-likeness (QED) is 0.269. The minimum absolute atomic E-state index is 0.384. The molecule has 0 aliphatic heterocycles. The van der Waals surface area contributed by atoms with Gasteiger partial charge in [0.1, 0.15) is 28.9 Å². The van der Waals surface area contributed by atoms with E-state index in [0.29, 0.717) is 54.0 Å². The van der Waals surface area contributed by atoms with Crippen LogP contribution in [0, 0.1) is 11.8 Å². The molecule has 0 aromatic heterocycles. The second-order valence-corrected chi connectivity index (χ2v) is 10.3. The van der Waals surface area contributed by atoms with E-state index in [1.54, 1.807) is 72.8 Å². The first-order chi connectivity index (χ1) is 20.2. The number of rotatable bonds is 11. The first-order valence-electron chi connectivity index (χ1n) is 14.2. The molecule has 0 radical (unpaired) electrons. The van der Waals surface area contributed by atoms with Crippen LogP contribution in [0.2, 0.25) is 0 Å². The molecule has 3 aromatic rings. The third-order valence-corrected chi connectivity index (χ3v) is 7.28. The van der Waals surface area contributed by atoms with Crippen LogP contribution in [0.1, 0.15) is 45.6 Å². The Balaban J connectivity index is 1.79. The molecule has 42 heavy (non-hydrogen) atoms. The molecule has 4 atom stereocenters. The Bertz CT molecular complexity index is 1420. The van der Waals surface area contributed by atoms with Crippen LogP contribution in [0.3, 0.4) is 0 Å². The number of benzene rings is 3. The maximum Gasteiger partial charge on any atom is 0.235 e. The van der Waals surface area contributed by atoms with Crippen molar-refractivity contribution < 1.29 is 33.7 Å². The molecule has 0 saturated heterocycles. The van der Waals surface area contributed by atoms with Gasteiger partial charge in [0.25, 0.3) is 0 Å². The number of para-hydroxylation sites is 4. The van der Waals surface area contributed by atoms with E-state index in [0.717, 1.165) is 0 Å². The molecule has 1 aliphatic carbocycles. The van der Waals surface area contributed by atoms with Crippen LogP contribution in [0.25, 0.3) is 0 Å². The van der Waals surface area contributed by atoms with Crippen LogP contribution in [0.5, 0.6) is 17.2 Å². The second kappa shape index (κ2) is 13.5. The molecular formula is C33H38N2O7. The predicted molar refractivity (Wildman–Crippen MR) is 160 cm³/mol. The van der Waals surface area contributed by atoms with E-state index in [2.05, 4.69) is 10.6 Å². The highest BCUT2D eigenvalue weighted by molar-refractivity contribution is 6.11. The number of nitrogens with one attached hydrogen (secondary N) is 2. The molecule has 2 amide bonds. The summed E-state index contributed by atoms with van der Waals surface area (Å²) in [7, 11) is 0. The molecule has 0 bridgehead atoms. The van der Waals surface area contributed by atoms with Crippen LogP contribution < -0.4 is 24.8 Å². The van der Waals surface area contributed by atoms with Crippen LogP contribution in [-0.2, 0) is 14.4 Å². The van der Waals surface area contributed by atoms with Gasteiger partial charge in [-0.15, -0.1) is 0 Å². The molecule has 1 aliphatic rings. The number of anilines is 2. The topological polar surface area (TPSA) is 123 Å². The van der Waals surface area contributed by atoms with Gasteiger partial charge in [-0.1, -0.05) is 36.4 Å². The van der Waals surface area contributed by atoms with Crippen LogP contribution in [-0.4, -0.2) is 48.1 Å². The lowest BCUT2D eigenvalue weighted by Gasteiger charge is -2.44. The summed E-state index contributed by atoms with van der Waals surface area (Å²) in [6.07, 6.45) is -0.384. The standard InChI is InChI=1S/C33H38N2O7/c1-5-40-22-14-12-13-21(19-22)28-29(31(37)34-23-15-8-10-17-26(23)41-6-2)25(36)20-33(4,39)30(28)32(38)35-24-16-9-11-18-27(24)42-7-3/h8-19,28-30,39H,5-7,20H2,1-4H3,(H,34,37)(H,35,38). The minimum atomic E-state index is -1.76. The number of hydrogen-bond donors (Lipinski definition) is 3. The molecule has 0 heterocycles. The van der Waals surface area contributed by atoms with E-state index in [4.69, 9.17) is 14.2 Å². The average molecular weight is 575 g/mol. The lowest BCUT2D eigenvalue weighted by molar-refractivity contribution is -0.150. The number of carbonyl (C=O) groups is 3. The van der Waals surface area contributed by atoms with Gasteiger partial charge in [-0.25, -0.2) is 0 Å². The zero-order valence-corrected chi connectivity index (χ0v) is 24.4. The number of aliphatic hydroxyl groups is 1. The Morgan fingerprint density at radius 2 is 1.36 bits per heavy atom. The third-order valence-electron chi connectivity index (χ3n) is 7.28. The Kier molecular flexibility index (Phi) is 9.85. The molecule has 4 unspecified atom stereocenters. The van der Waals surface area contributed by atoms with Gasteiger partial charge in [-0.2, -0.15) is 0 Å². The first-order valence-corrected chi connectivity index (χ1v) is 14.2. The normalized spacial score (nSPS) is 21.7. The lowest BCUT2D eigenvalue weighted by Crippen LogP contribution is -2.56. The summed E-state index contributed by atoms with van der Waals surface area (Å²) in [5, 5.41) is 17.4. The zero-order chi connectivity index (χ0) is 30.3. The summed E-state index contributed by atoms with van der Waals surface area (Å²) in [4.78, 5) is 41.7. The fraction of sp³-hybridized carbons (Fsp3) is 0.364. The highest BCUT2D eigenvalue weighted by atomic mass is 16.5. The molecule has 3 N–H and O–H groups in total. The molecule has 1 saturated carbocycles. The Labute approximate surface area is 246 Å². The fourth-order valence-electron chi connectivity index (χ4n) is 5.59. The van der Waals surface area contributed by atoms with Crippen molar-refractivity contribution in [2.75, 3.05) is 30.5 Å². The summed E-state index contributed by atoms with van der Waals surface area (Å²) in [6.45, 7) is 8.16. The second-order valence-electron chi connectivity index (χ2n) is 10.3. The molecule has 0 spiro atoms. The fourth-order valence-corrected chi connectivity index (χ4v) is 5.59. The Hall–Kier alpha value is -4.37. The highest BCUT2D eigenvalue weighted by Crippen LogP contribution is 2.47. The number of ketones is 1. The van der Waals surface area contributed by atoms with E-state index in [1.165, 1.54) is 6.92 Å². The van der Waals surface area contributed by atoms with E-state index < -0.39 is 41.0 Å². The van der Waals surface area contributed by atoms with Crippen LogP contribution in [0.4, 0.5) is 11.4 Å². The molecule has 222 valence electrons. The monoisotopic (exact) mass is 574 g/mol. The van der Waals surface area contributed by atoms with Gasteiger partial charge < -0.3 is 30.0 Å². The zero-order valence-electron chi connectivity index (χ0n) is 24.4. The SMILES string of the molecule is CCOc1cccc(C2C(C(=O)Nc3ccccc3OCC)C(=O)CC(C)(O)C2C(=O)Nc2ccccc2OCC)c1. The van der Waals surface area contributed by atoms with Gasteiger partial charge in [0, 0.05) is 12.3 Å². The van der Waals surface area contributed by atoms with Gasteiger partial charge in [-0.3, -0.25) is 14.4 Å². The summed E-state index contributed by atoms with van der Waals surface area (Å²) < 4.78 is 17.0. The maximum absolute atomic E-state index is 14.1. The molecule has 9 nitrogen and oxygen atoms in total. The number of ether oxygens (including phenoxy) is 3. The smallest absolute Gasteiger partial charge is 0.235 e. The number of amides is 2. The van der Waals surface area contributed by atoms with E-state index >= 15 is 0 Å². The molecule has 4 rings (SSSR count). The van der Waals surface area contributed by atoms with Gasteiger partial charge in [-0.05, 0) is 69.7 Å². The van der Waals surface area contributed by atoms with Gasteiger partial charge >= 0.3 is 0 Å². The molecule has 3 aromatic carbocycles. The van der Waals surface area contributed by atoms with Gasteiger partial charge in [0.05, 0.1) is 42.7 Å². The van der Waals surface area contributed by atoms with Gasteiger partial charge in [0.15, 0.2) is 0 Å². The number of hydrogen-bond acceptors (Lipinski definition) is 7. The van der Waals surface area contributed by atoms with Crippen LogP contribution in [0.15, 0.2) is 72.8 Å². The largest absolute Gasteiger partial charge is 0.494 e. The average Bonchev–Trinajstić information content (AvgIpc) is 2.94. The van der Waals surface area contributed by atoms with Crippen molar-refractivity contribution in [2.24, 2.45) is 11.8 Å². The van der Waals surface area contributed by atoms with Crippen molar-refractivity contribution in [3.8, 4) is 17.2 Å². The Morgan fingerprint density at radius 1 is 0.810 bits per heavy atom. The van der Waals surface area contributed by atoms with Gasteiger partial charge in [0.2, 0.25) is 11.8 Å². The molecule has 1 fully saturated rings. The molecule has 9 heteroatoms. The van der Waals surface area contributed by atoms with Crippen molar-refractivity contribution >= 4 is 29.0 Å². The van der Waals surface area contributed by atoms with E-state index in [9.17, 15) is 19.5 Å². The number of carbonyl (C=O) groups excluding carboxylic acids is 3. The van der Waals surface area contributed by atoms with Crippen molar-refractivity contribution in [3.05, 3.63) is 78.4 Å². The number of Topliss-reactive ketones (excluding diaryl/α,β-unsaturated/α-hetero) is 1. The van der Waals surface area contributed by atoms with Crippen LogP contribution >= 0.6 is 0 Å². The minimum Gasteiger partial charge on any atom is -0.494 e. The maximum atomic E-state index is 14.1. The Morgan fingerprint density at radius 3 is 1.93 bits per heavy atom. The first kappa shape index (κ1) is 30.6. The van der Waals surface area contributed by atoms with Crippen molar-refractivity contribution in [1.82, 2.24) is 0 Å². The van der Waals surface area contributed by atoms with Crippen molar-refractivity contribution in [2.45, 2.75) is 45.6 Å². The summed E-state index contributed by atoms with van der Waals surface area (Å²) in [5.74, 6) is -3.64. The van der Waals surface area contributed by atoms with E-state index in [1.807, 2.05) is 20.8 Å². The van der Waals surface area contributed by atoms with E-state index in [-0.39, 0.29) is 6.42 Å². The molecular weight excluding hydrogens is 536 g/mol. The third kappa shape index (κ3) is 6.74. The van der Waals surface area contributed by atoms with Crippen molar-refractivity contribution in [1.29, 1.82) is 0 Å². The lowest BCUT2D eigenvalue weighted by atomic mass is 9.61. The summed E-state index contributed by atoms with van der Waals surface area (Å²) in [6, 6.07) is 20.9. The van der Waals surface area contributed by atoms with Crippen molar-refractivity contribution in [3.63, 3.8) is 0 Å². The predicted octanol–water partition coefficient (Wildman–Crippen LogP) is 5.20. The summed E-state index contributed by atoms with van der Waals surface area (Å²) in [5.41, 5.74) is -0.409.